The molecule has 4 aromatic carbocycles. The molecule has 1 heterocycles. The summed E-state index contributed by atoms with van der Waals surface area (Å²) >= 11 is 0. The highest BCUT2D eigenvalue weighted by atomic mass is 19.1. The van der Waals surface area contributed by atoms with Crippen LogP contribution < -0.4 is 19.7 Å². The van der Waals surface area contributed by atoms with Gasteiger partial charge in [-0.25, -0.2) is 14.1 Å². The van der Waals surface area contributed by atoms with Gasteiger partial charge in [0.05, 0.1) is 5.69 Å². The molecule has 0 saturated carbocycles. The van der Waals surface area contributed by atoms with Crippen LogP contribution in [-0.4, -0.2) is 17.8 Å². The third-order valence-corrected chi connectivity index (χ3v) is 5.91. The molecule has 0 aliphatic carbocycles. The molecule has 0 aromatic heterocycles. The predicted molar refractivity (Wildman–Crippen MR) is 143 cm³/mol. The molecule has 5 rings (SSSR count). The van der Waals surface area contributed by atoms with E-state index in [1.807, 2.05) is 30.3 Å². The number of nitrogens with one attached hydrogen (secondary N) is 1. The minimum absolute atomic E-state index is 0.143. The van der Waals surface area contributed by atoms with Gasteiger partial charge in [0.1, 0.15) is 36.1 Å². The minimum Gasteiger partial charge on any atom is -0.489 e. The quantitative estimate of drug-likeness (QED) is 0.239. The second kappa shape index (κ2) is 11.4. The molecule has 0 bridgehead atoms. The SMILES string of the molecule is O=C1NC(=O)N(c2ccc(OCc3ccccc3)cc2)C(=O)/C1=C\c1cccc(OCc2cccc(F)c2)c1. The van der Waals surface area contributed by atoms with Gasteiger partial charge in [0, 0.05) is 0 Å². The van der Waals surface area contributed by atoms with E-state index in [0.717, 1.165) is 10.5 Å². The summed E-state index contributed by atoms with van der Waals surface area (Å²) in [6, 6.07) is 28.1. The minimum atomic E-state index is -0.840. The molecule has 1 fully saturated rings. The van der Waals surface area contributed by atoms with Gasteiger partial charge in [-0.3, -0.25) is 14.9 Å². The molecule has 0 unspecified atom stereocenters. The van der Waals surface area contributed by atoms with E-state index in [-0.39, 0.29) is 23.7 Å². The number of ether oxygens (including phenoxy) is 2. The maximum absolute atomic E-state index is 13.4. The van der Waals surface area contributed by atoms with Crippen molar-refractivity contribution in [1.29, 1.82) is 0 Å². The van der Waals surface area contributed by atoms with Gasteiger partial charge in [0.15, 0.2) is 0 Å². The van der Waals surface area contributed by atoms with Crippen molar-refractivity contribution >= 4 is 29.6 Å². The molecule has 1 N–H and O–H groups in total. The number of rotatable bonds is 8. The van der Waals surface area contributed by atoms with Crippen LogP contribution in [0.4, 0.5) is 14.9 Å². The summed E-state index contributed by atoms with van der Waals surface area (Å²) in [4.78, 5) is 39.3. The Morgan fingerprint density at radius 2 is 1.41 bits per heavy atom. The molecule has 8 heteroatoms. The third-order valence-electron chi connectivity index (χ3n) is 5.91. The number of anilines is 1. The summed E-state index contributed by atoms with van der Waals surface area (Å²) in [6.45, 7) is 0.514. The second-order valence-electron chi connectivity index (χ2n) is 8.72. The lowest BCUT2D eigenvalue weighted by molar-refractivity contribution is -0.122. The first-order valence-electron chi connectivity index (χ1n) is 12.1. The fourth-order valence-corrected chi connectivity index (χ4v) is 3.98. The molecule has 39 heavy (non-hydrogen) atoms. The smallest absolute Gasteiger partial charge is 0.335 e. The Morgan fingerprint density at radius 3 is 2.18 bits per heavy atom. The summed E-state index contributed by atoms with van der Waals surface area (Å²) in [6.07, 6.45) is 1.39. The number of halogens is 1. The van der Waals surface area contributed by atoms with E-state index in [1.54, 1.807) is 60.7 Å². The van der Waals surface area contributed by atoms with Crippen molar-refractivity contribution in [2.24, 2.45) is 0 Å². The highest BCUT2D eigenvalue weighted by molar-refractivity contribution is 6.39. The van der Waals surface area contributed by atoms with Gasteiger partial charge in [-0.05, 0) is 71.3 Å². The first-order chi connectivity index (χ1) is 19.0. The van der Waals surface area contributed by atoms with Gasteiger partial charge in [-0.15, -0.1) is 0 Å². The molecule has 4 amide bonds. The van der Waals surface area contributed by atoms with Crippen LogP contribution in [0.3, 0.4) is 0 Å². The van der Waals surface area contributed by atoms with Gasteiger partial charge in [0.25, 0.3) is 11.8 Å². The molecule has 7 nitrogen and oxygen atoms in total. The maximum Gasteiger partial charge on any atom is 0.335 e. The van der Waals surface area contributed by atoms with Crippen molar-refractivity contribution < 1.29 is 28.2 Å². The molecule has 0 atom stereocenters. The van der Waals surface area contributed by atoms with E-state index < -0.39 is 17.8 Å². The van der Waals surface area contributed by atoms with Crippen LogP contribution in [0.1, 0.15) is 16.7 Å². The lowest BCUT2D eigenvalue weighted by atomic mass is 10.1. The summed E-state index contributed by atoms with van der Waals surface area (Å²) < 4.78 is 24.9. The van der Waals surface area contributed by atoms with Crippen LogP contribution in [0.5, 0.6) is 11.5 Å². The zero-order valence-electron chi connectivity index (χ0n) is 20.7. The number of barbiturate groups is 1. The van der Waals surface area contributed by atoms with Crippen molar-refractivity contribution in [3.05, 3.63) is 131 Å². The topological polar surface area (TPSA) is 84.9 Å². The van der Waals surface area contributed by atoms with Crippen LogP contribution in [0.25, 0.3) is 6.08 Å². The molecule has 1 aliphatic heterocycles. The van der Waals surface area contributed by atoms with Crippen molar-refractivity contribution in [1.82, 2.24) is 5.32 Å². The number of hydrogen-bond acceptors (Lipinski definition) is 5. The lowest BCUT2D eigenvalue weighted by Gasteiger charge is -2.26. The van der Waals surface area contributed by atoms with E-state index in [1.165, 1.54) is 18.2 Å². The van der Waals surface area contributed by atoms with E-state index in [2.05, 4.69) is 5.32 Å². The van der Waals surface area contributed by atoms with Crippen molar-refractivity contribution in [2.45, 2.75) is 13.2 Å². The fourth-order valence-electron chi connectivity index (χ4n) is 3.98. The normalized spacial score (nSPS) is 14.3. The first-order valence-corrected chi connectivity index (χ1v) is 12.1. The lowest BCUT2D eigenvalue weighted by Crippen LogP contribution is -2.54. The Hall–Kier alpha value is -5.24. The van der Waals surface area contributed by atoms with Crippen LogP contribution in [0, 0.1) is 5.82 Å². The number of carbonyl (C=O) groups is 3. The number of hydrogen-bond donors (Lipinski definition) is 1. The third kappa shape index (κ3) is 6.19. The predicted octanol–water partition coefficient (Wildman–Crippen LogP) is 5.65. The van der Waals surface area contributed by atoms with E-state index in [0.29, 0.717) is 29.2 Å². The highest BCUT2D eigenvalue weighted by Crippen LogP contribution is 2.25. The van der Waals surface area contributed by atoms with Crippen molar-refractivity contribution in [3.63, 3.8) is 0 Å². The molecule has 0 radical (unpaired) electrons. The summed E-state index contributed by atoms with van der Waals surface area (Å²) in [7, 11) is 0. The van der Waals surface area contributed by atoms with Crippen molar-refractivity contribution in [2.75, 3.05) is 4.90 Å². The molecule has 1 aliphatic rings. The zero-order chi connectivity index (χ0) is 27.2. The number of imide groups is 2. The van der Waals surface area contributed by atoms with E-state index in [4.69, 9.17) is 9.47 Å². The molecule has 194 valence electrons. The van der Waals surface area contributed by atoms with Gasteiger partial charge in [0.2, 0.25) is 0 Å². The van der Waals surface area contributed by atoms with Crippen LogP contribution in [-0.2, 0) is 22.8 Å². The van der Waals surface area contributed by atoms with Crippen molar-refractivity contribution in [3.8, 4) is 11.5 Å². The van der Waals surface area contributed by atoms with Gasteiger partial charge < -0.3 is 9.47 Å². The van der Waals surface area contributed by atoms with Crippen LogP contribution in [0.15, 0.2) is 109 Å². The Balaban J connectivity index is 1.30. The number of urea groups is 1. The molecule has 4 aromatic rings. The number of benzene rings is 4. The summed E-state index contributed by atoms with van der Waals surface area (Å²) in [5, 5.41) is 2.22. The fraction of sp³-hybridized carbons (Fsp3) is 0.0645. The van der Waals surface area contributed by atoms with Gasteiger partial charge in [-0.1, -0.05) is 54.6 Å². The van der Waals surface area contributed by atoms with Crippen LogP contribution >= 0.6 is 0 Å². The first kappa shape index (κ1) is 25.4. The number of nitrogens with zero attached hydrogens (tertiary/aromatic N) is 1. The van der Waals surface area contributed by atoms with Gasteiger partial charge >= 0.3 is 6.03 Å². The average molecular weight is 523 g/mol. The molecular weight excluding hydrogens is 499 g/mol. The Labute approximate surface area is 224 Å². The molecule has 0 spiro atoms. The maximum atomic E-state index is 13.4. The molecular formula is C31H23FN2O5. The van der Waals surface area contributed by atoms with Crippen LogP contribution in [0.2, 0.25) is 0 Å². The van der Waals surface area contributed by atoms with Gasteiger partial charge in [-0.2, -0.15) is 0 Å². The van der Waals surface area contributed by atoms with E-state index >= 15 is 0 Å². The second-order valence-corrected chi connectivity index (χ2v) is 8.72. The average Bonchev–Trinajstić information content (AvgIpc) is 2.94. The Kier molecular flexibility index (Phi) is 7.45. The molecule has 1 saturated heterocycles. The number of amides is 4. The largest absolute Gasteiger partial charge is 0.489 e. The standard InChI is InChI=1S/C31H23FN2O5/c32-24-10-4-9-23(16-24)20-39-27-11-5-8-22(17-27)18-28-29(35)33-31(37)34(30(28)36)25-12-14-26(15-13-25)38-19-21-6-2-1-3-7-21/h1-18H,19-20H2,(H,33,35,37)/b28-18-. The summed E-state index contributed by atoms with van der Waals surface area (Å²) in [5.74, 6) is -0.876. The number of carbonyl (C=O) groups excluding carboxylic acids is 3. The summed E-state index contributed by atoms with van der Waals surface area (Å²) in [5.41, 5.74) is 2.26. The Bertz CT molecular complexity index is 1550. The Morgan fingerprint density at radius 1 is 0.718 bits per heavy atom. The zero-order valence-corrected chi connectivity index (χ0v) is 20.7. The van der Waals surface area contributed by atoms with E-state index in [9.17, 15) is 18.8 Å². The highest BCUT2D eigenvalue weighted by Gasteiger charge is 2.36. The monoisotopic (exact) mass is 522 g/mol.